The Labute approximate surface area is 319 Å². The number of thiophene rings is 1. The van der Waals surface area contributed by atoms with Crippen molar-refractivity contribution in [1.29, 1.82) is 5.26 Å². The van der Waals surface area contributed by atoms with E-state index in [2.05, 4.69) is 105 Å². The van der Waals surface area contributed by atoms with Gasteiger partial charge in [-0.05, 0) is 86.2 Å². The Hall–Kier alpha value is -3.84. The number of hydrogen-bond acceptors (Lipinski definition) is 9. The summed E-state index contributed by atoms with van der Waals surface area (Å²) in [5, 5.41) is 10.5. The molecule has 1 aliphatic rings. The van der Waals surface area contributed by atoms with E-state index in [4.69, 9.17) is 28.0 Å². The maximum atomic E-state index is 9.34. The number of fused-ring (bicyclic) bond motifs is 1. The van der Waals surface area contributed by atoms with Gasteiger partial charge in [-0.1, -0.05) is 72.8 Å². The highest BCUT2D eigenvalue weighted by molar-refractivity contribution is 7.44. The second-order valence-electron chi connectivity index (χ2n) is 13.6. The molecule has 0 spiro atoms. The molecule has 0 bridgehead atoms. The third kappa shape index (κ3) is 8.77. The molecule has 1 fully saturated rings. The van der Waals surface area contributed by atoms with Gasteiger partial charge in [0.2, 0.25) is 0 Å². The van der Waals surface area contributed by atoms with E-state index in [1.54, 1.807) is 25.6 Å². The normalized spacial score (nSPS) is 18.2. The fourth-order valence-electron chi connectivity index (χ4n) is 7.01. The summed E-state index contributed by atoms with van der Waals surface area (Å²) < 4.78 is 42.4. The molecule has 278 valence electrons. The molecule has 5 aromatic rings. The standard InChI is InChI=1S/C43H49N2O6PS/c1-30(2)45(31(3)4)52(49-26-12-25-44)51-38-28-39(42-27-32-13-10-11-16-41(32)53-42)50-40(38)29-48-43(33-14-8-7-9-15-33,34-17-21-36(46-5)22-18-34)35-19-23-37(47-6)24-20-35/h7-11,13-24,27,30-31,38-40H,12,26,28-29H2,1-6H3/t38-,39+,40+,52?/m0/s1. The SMILES string of the molecule is COc1ccc(C(OC[C@H]2O[C@@H](c3cc4ccccc4s3)C[C@@H]2OP(OCCC#N)N(C(C)C)C(C)C)(c2ccccc2)c2ccc(OC)cc2)cc1. The quantitative estimate of drug-likeness (QED) is 0.0528. The van der Waals surface area contributed by atoms with Crippen LogP contribution >= 0.6 is 19.9 Å². The first-order chi connectivity index (χ1) is 25.8. The molecule has 10 heteroatoms. The van der Waals surface area contributed by atoms with Gasteiger partial charge in [0.1, 0.15) is 23.2 Å². The van der Waals surface area contributed by atoms with Gasteiger partial charge in [-0.25, -0.2) is 4.67 Å². The minimum atomic E-state index is -1.52. The highest BCUT2D eigenvalue weighted by Gasteiger charge is 2.45. The van der Waals surface area contributed by atoms with Crippen LogP contribution in [0.15, 0.2) is 109 Å². The molecule has 2 heterocycles. The molecular formula is C43H49N2O6PS. The summed E-state index contributed by atoms with van der Waals surface area (Å²) in [6.45, 7) is 9.11. The monoisotopic (exact) mass is 752 g/mol. The molecule has 4 aromatic carbocycles. The van der Waals surface area contributed by atoms with E-state index in [0.29, 0.717) is 13.0 Å². The van der Waals surface area contributed by atoms with E-state index >= 15 is 0 Å². The van der Waals surface area contributed by atoms with Gasteiger partial charge in [0.25, 0.3) is 8.53 Å². The summed E-state index contributed by atoms with van der Waals surface area (Å²) in [4.78, 5) is 1.15. The van der Waals surface area contributed by atoms with Crippen molar-refractivity contribution >= 4 is 29.9 Å². The first-order valence-electron chi connectivity index (χ1n) is 18.1. The van der Waals surface area contributed by atoms with Crippen LogP contribution in [0, 0.1) is 11.3 Å². The fraction of sp³-hybridized carbons (Fsp3) is 0.372. The Morgan fingerprint density at radius 3 is 1.98 bits per heavy atom. The first-order valence-corrected chi connectivity index (χ1v) is 20.1. The van der Waals surface area contributed by atoms with E-state index < -0.39 is 20.2 Å². The zero-order valence-electron chi connectivity index (χ0n) is 31.3. The number of ether oxygens (including phenoxy) is 4. The molecule has 0 N–H and O–H groups in total. The number of rotatable bonds is 17. The van der Waals surface area contributed by atoms with E-state index in [1.807, 2.05) is 42.5 Å². The third-order valence-corrected chi connectivity index (χ3v) is 12.9. The number of nitriles is 1. The summed E-state index contributed by atoms with van der Waals surface area (Å²) >= 11 is 1.75. The molecule has 1 aliphatic heterocycles. The molecule has 1 aromatic heterocycles. The molecule has 0 aliphatic carbocycles. The maximum absolute atomic E-state index is 9.34. The lowest BCUT2D eigenvalue weighted by Crippen LogP contribution is -2.39. The minimum absolute atomic E-state index is 0.162. The van der Waals surface area contributed by atoms with Crippen LogP contribution in [0.2, 0.25) is 0 Å². The lowest BCUT2D eigenvalue weighted by atomic mass is 9.80. The van der Waals surface area contributed by atoms with Crippen molar-refractivity contribution in [2.24, 2.45) is 0 Å². The van der Waals surface area contributed by atoms with Crippen molar-refractivity contribution in [2.75, 3.05) is 27.4 Å². The highest BCUT2D eigenvalue weighted by Crippen LogP contribution is 2.52. The van der Waals surface area contributed by atoms with Gasteiger partial charge in [-0.3, -0.25) is 0 Å². The largest absolute Gasteiger partial charge is 0.497 e. The van der Waals surface area contributed by atoms with E-state index in [1.165, 1.54) is 10.1 Å². The number of benzene rings is 4. The summed E-state index contributed by atoms with van der Waals surface area (Å²) in [7, 11) is 1.82. The molecular weight excluding hydrogens is 704 g/mol. The Morgan fingerprint density at radius 2 is 1.42 bits per heavy atom. The van der Waals surface area contributed by atoms with E-state index in [9.17, 15) is 5.26 Å². The summed E-state index contributed by atoms with van der Waals surface area (Å²) in [5.41, 5.74) is 1.84. The average Bonchev–Trinajstić information content (AvgIpc) is 3.80. The molecule has 53 heavy (non-hydrogen) atoms. The van der Waals surface area contributed by atoms with Crippen molar-refractivity contribution < 1.29 is 28.0 Å². The number of hydrogen-bond donors (Lipinski definition) is 0. The Bertz CT molecular complexity index is 1840. The van der Waals surface area contributed by atoms with Gasteiger partial charge in [-0.2, -0.15) is 5.26 Å². The zero-order valence-corrected chi connectivity index (χ0v) is 33.0. The van der Waals surface area contributed by atoms with Crippen LogP contribution in [0.4, 0.5) is 0 Å². The van der Waals surface area contributed by atoms with E-state index in [0.717, 1.165) is 33.1 Å². The highest BCUT2D eigenvalue weighted by atomic mass is 32.1. The summed E-state index contributed by atoms with van der Waals surface area (Å²) in [6, 6.07) is 39.6. The van der Waals surface area contributed by atoms with Gasteiger partial charge in [0.15, 0.2) is 0 Å². The lowest BCUT2D eigenvalue weighted by molar-refractivity contribution is -0.0802. The van der Waals surface area contributed by atoms with Crippen molar-refractivity contribution in [3.63, 3.8) is 0 Å². The lowest BCUT2D eigenvalue weighted by Gasteiger charge is -2.39. The van der Waals surface area contributed by atoms with Gasteiger partial charge in [0.05, 0.1) is 52.1 Å². The topological polar surface area (TPSA) is 82.4 Å². The van der Waals surface area contributed by atoms with E-state index in [-0.39, 0.29) is 37.3 Å². The summed E-state index contributed by atoms with van der Waals surface area (Å²) in [6.07, 6.45) is -0.0571. The van der Waals surface area contributed by atoms with Crippen LogP contribution < -0.4 is 9.47 Å². The molecule has 1 unspecified atom stereocenters. The van der Waals surface area contributed by atoms with Crippen molar-refractivity contribution in [3.8, 4) is 17.6 Å². The Morgan fingerprint density at radius 1 is 0.830 bits per heavy atom. The first kappa shape index (κ1) is 38.9. The zero-order chi connectivity index (χ0) is 37.4. The van der Waals surface area contributed by atoms with Crippen LogP contribution in [0.5, 0.6) is 11.5 Å². The predicted octanol–water partition coefficient (Wildman–Crippen LogP) is 10.4. The predicted molar refractivity (Wildman–Crippen MR) is 212 cm³/mol. The molecule has 4 atom stereocenters. The maximum Gasteiger partial charge on any atom is 0.259 e. The Balaban J connectivity index is 1.41. The van der Waals surface area contributed by atoms with Crippen molar-refractivity contribution in [1.82, 2.24) is 4.67 Å². The molecule has 0 saturated carbocycles. The summed E-state index contributed by atoms with van der Waals surface area (Å²) in [5.74, 6) is 1.52. The minimum Gasteiger partial charge on any atom is -0.497 e. The second-order valence-corrected chi connectivity index (χ2v) is 16.1. The molecule has 8 nitrogen and oxygen atoms in total. The Kier molecular flexibility index (Phi) is 13.2. The average molecular weight is 753 g/mol. The van der Waals surface area contributed by atoms with Gasteiger partial charge >= 0.3 is 0 Å². The molecule has 6 rings (SSSR count). The van der Waals surface area contributed by atoms with Crippen molar-refractivity contribution in [3.05, 3.63) is 131 Å². The van der Waals surface area contributed by atoms with Crippen LogP contribution in [-0.2, 0) is 24.1 Å². The van der Waals surface area contributed by atoms with Crippen molar-refractivity contribution in [2.45, 2.75) is 76.5 Å². The van der Waals surface area contributed by atoms with Crippen LogP contribution in [0.3, 0.4) is 0 Å². The fourth-order valence-corrected chi connectivity index (χ4v) is 9.88. The van der Waals surface area contributed by atoms with Crippen LogP contribution in [-0.4, -0.2) is 56.4 Å². The van der Waals surface area contributed by atoms with Gasteiger partial charge < -0.3 is 28.0 Å². The van der Waals surface area contributed by atoms with Gasteiger partial charge in [0, 0.05) is 28.1 Å². The smallest absolute Gasteiger partial charge is 0.259 e. The second kappa shape index (κ2) is 18.0. The number of methoxy groups -OCH3 is 2. The molecule has 0 radical (unpaired) electrons. The van der Waals surface area contributed by atoms with Gasteiger partial charge in [-0.15, -0.1) is 11.3 Å². The number of nitrogens with zero attached hydrogens (tertiary/aromatic N) is 2. The van der Waals surface area contributed by atoms with Crippen LogP contribution in [0.1, 0.15) is 68.2 Å². The molecule has 0 amide bonds. The third-order valence-electron chi connectivity index (χ3n) is 9.49. The molecule has 1 saturated heterocycles. The van der Waals surface area contributed by atoms with Crippen LogP contribution in [0.25, 0.3) is 10.1 Å².